The molecule has 0 aromatic carbocycles. The highest BCUT2D eigenvalue weighted by atomic mass is 32.1. The highest BCUT2D eigenvalue weighted by Crippen LogP contribution is 2.44. The highest BCUT2D eigenvalue weighted by molar-refractivity contribution is 7.80. The summed E-state index contributed by atoms with van der Waals surface area (Å²) in [5, 5.41) is 4.15. The number of rotatable bonds is 0. The van der Waals surface area contributed by atoms with E-state index in [9.17, 15) is 0 Å². The second-order valence-electron chi connectivity index (χ2n) is 4.48. The van der Waals surface area contributed by atoms with Gasteiger partial charge in [0, 0.05) is 5.25 Å². The van der Waals surface area contributed by atoms with Crippen LogP contribution >= 0.6 is 12.6 Å². The Morgan fingerprint density at radius 1 is 1.00 bits per heavy atom. The van der Waals surface area contributed by atoms with Crippen molar-refractivity contribution in [3.05, 3.63) is 0 Å². The van der Waals surface area contributed by atoms with Crippen molar-refractivity contribution in [2.24, 2.45) is 5.41 Å². The molecule has 1 heterocycles. The van der Waals surface area contributed by atoms with Crippen LogP contribution in [0.2, 0.25) is 0 Å². The van der Waals surface area contributed by atoms with Crippen LogP contribution in [0.5, 0.6) is 0 Å². The van der Waals surface area contributed by atoms with Gasteiger partial charge < -0.3 is 5.32 Å². The summed E-state index contributed by atoms with van der Waals surface area (Å²) < 4.78 is 0. The van der Waals surface area contributed by atoms with Crippen molar-refractivity contribution < 1.29 is 0 Å². The second-order valence-corrected chi connectivity index (χ2v) is 5.21. The molecule has 0 bridgehead atoms. The molecule has 2 aliphatic rings. The van der Waals surface area contributed by atoms with Crippen LogP contribution in [0.15, 0.2) is 0 Å². The number of piperidine rings is 1. The molecule has 0 radical (unpaired) electrons. The third kappa shape index (κ3) is 1.80. The standard InChI is InChI=1S/C10H19NS/c12-9-1-3-10(4-2-9)5-7-11-8-6-10/h9,11-12H,1-8H2. The molecule has 1 nitrogen and oxygen atoms in total. The number of hydrogen-bond acceptors (Lipinski definition) is 2. The molecule has 0 atom stereocenters. The van der Waals surface area contributed by atoms with Crippen LogP contribution in [-0.2, 0) is 0 Å². The third-order valence-corrected chi connectivity index (χ3v) is 4.20. The lowest BCUT2D eigenvalue weighted by Gasteiger charge is -2.42. The minimum absolute atomic E-state index is 0.700. The van der Waals surface area contributed by atoms with Gasteiger partial charge in [-0.15, -0.1) is 0 Å². The molecular weight excluding hydrogens is 166 g/mol. The zero-order chi connectivity index (χ0) is 8.44. The van der Waals surface area contributed by atoms with E-state index in [1.54, 1.807) is 0 Å². The van der Waals surface area contributed by atoms with Gasteiger partial charge in [-0.3, -0.25) is 0 Å². The Morgan fingerprint density at radius 2 is 1.58 bits per heavy atom. The first-order valence-electron chi connectivity index (χ1n) is 5.20. The first-order chi connectivity index (χ1) is 5.81. The summed E-state index contributed by atoms with van der Waals surface area (Å²) in [6.07, 6.45) is 8.39. The molecule has 0 unspecified atom stereocenters. The Labute approximate surface area is 80.7 Å². The number of hydrogen-bond donors (Lipinski definition) is 2. The van der Waals surface area contributed by atoms with Crippen molar-refractivity contribution in [1.82, 2.24) is 5.32 Å². The molecule has 2 fully saturated rings. The predicted molar refractivity (Wildman–Crippen MR) is 55.8 cm³/mol. The van der Waals surface area contributed by atoms with Gasteiger partial charge in [-0.2, -0.15) is 12.6 Å². The Balaban J connectivity index is 1.92. The zero-order valence-electron chi connectivity index (χ0n) is 7.68. The Kier molecular flexibility index (Phi) is 2.66. The van der Waals surface area contributed by atoms with E-state index in [0.29, 0.717) is 5.25 Å². The first kappa shape index (κ1) is 8.89. The molecule has 1 aliphatic carbocycles. The van der Waals surface area contributed by atoms with Crippen molar-refractivity contribution in [3.63, 3.8) is 0 Å². The molecule has 2 rings (SSSR count). The van der Waals surface area contributed by atoms with Gasteiger partial charge in [-0.05, 0) is 57.0 Å². The largest absolute Gasteiger partial charge is 0.317 e. The molecule has 12 heavy (non-hydrogen) atoms. The normalized spacial score (nSPS) is 30.8. The van der Waals surface area contributed by atoms with Gasteiger partial charge in [0.2, 0.25) is 0 Å². The van der Waals surface area contributed by atoms with E-state index in [1.807, 2.05) is 0 Å². The van der Waals surface area contributed by atoms with Gasteiger partial charge in [0.1, 0.15) is 0 Å². The summed E-state index contributed by atoms with van der Waals surface area (Å²) in [7, 11) is 0. The zero-order valence-corrected chi connectivity index (χ0v) is 8.58. The summed E-state index contributed by atoms with van der Waals surface area (Å²) in [6, 6.07) is 0. The van der Waals surface area contributed by atoms with Crippen LogP contribution in [0.1, 0.15) is 38.5 Å². The maximum atomic E-state index is 4.55. The summed E-state index contributed by atoms with van der Waals surface area (Å²) in [4.78, 5) is 0. The average Bonchev–Trinajstić information content (AvgIpc) is 2.13. The Bertz CT molecular complexity index is 142. The smallest absolute Gasteiger partial charge is 0.00172 e. The van der Waals surface area contributed by atoms with E-state index < -0.39 is 0 Å². The molecule has 70 valence electrons. The van der Waals surface area contributed by atoms with Gasteiger partial charge in [-0.25, -0.2) is 0 Å². The van der Waals surface area contributed by atoms with Crippen molar-refractivity contribution in [1.29, 1.82) is 0 Å². The fourth-order valence-electron chi connectivity index (χ4n) is 2.67. The van der Waals surface area contributed by atoms with Gasteiger partial charge in [0.05, 0.1) is 0 Å². The minimum atomic E-state index is 0.700. The minimum Gasteiger partial charge on any atom is -0.317 e. The molecule has 0 aromatic heterocycles. The maximum absolute atomic E-state index is 4.55. The van der Waals surface area contributed by atoms with Gasteiger partial charge in [-0.1, -0.05) is 0 Å². The highest BCUT2D eigenvalue weighted by Gasteiger charge is 2.34. The summed E-state index contributed by atoms with van der Waals surface area (Å²) in [6.45, 7) is 2.49. The lowest BCUT2D eigenvalue weighted by molar-refractivity contribution is 0.137. The van der Waals surface area contributed by atoms with Crippen LogP contribution in [0.25, 0.3) is 0 Å². The topological polar surface area (TPSA) is 12.0 Å². The van der Waals surface area contributed by atoms with Gasteiger partial charge in [0.25, 0.3) is 0 Å². The fraction of sp³-hybridized carbons (Fsp3) is 1.00. The van der Waals surface area contributed by atoms with E-state index in [1.165, 1.54) is 51.6 Å². The fourth-order valence-corrected chi connectivity index (χ4v) is 2.93. The number of thiol groups is 1. The van der Waals surface area contributed by atoms with E-state index in [-0.39, 0.29) is 0 Å². The lowest BCUT2D eigenvalue weighted by Crippen LogP contribution is -2.39. The molecule has 0 amide bonds. The van der Waals surface area contributed by atoms with Crippen molar-refractivity contribution in [3.8, 4) is 0 Å². The monoisotopic (exact) mass is 185 g/mol. The van der Waals surface area contributed by atoms with Gasteiger partial charge >= 0.3 is 0 Å². The summed E-state index contributed by atoms with van der Waals surface area (Å²) in [5.41, 5.74) is 0.727. The molecule has 1 N–H and O–H groups in total. The molecule has 0 aromatic rings. The van der Waals surface area contributed by atoms with Crippen LogP contribution < -0.4 is 5.32 Å². The number of nitrogens with one attached hydrogen (secondary N) is 1. The second kappa shape index (κ2) is 3.59. The molecule has 2 heteroatoms. The summed E-state index contributed by atoms with van der Waals surface area (Å²) >= 11 is 4.55. The molecule has 1 aliphatic heterocycles. The molecule has 1 spiro atoms. The van der Waals surface area contributed by atoms with Crippen LogP contribution in [0.3, 0.4) is 0 Å². The lowest BCUT2D eigenvalue weighted by atomic mass is 9.68. The Hall–Kier alpha value is 0.310. The van der Waals surface area contributed by atoms with Crippen LogP contribution in [0.4, 0.5) is 0 Å². The van der Waals surface area contributed by atoms with Crippen LogP contribution in [-0.4, -0.2) is 18.3 Å². The Morgan fingerprint density at radius 3 is 2.17 bits per heavy atom. The molecular formula is C10H19NS. The average molecular weight is 185 g/mol. The van der Waals surface area contributed by atoms with E-state index >= 15 is 0 Å². The first-order valence-corrected chi connectivity index (χ1v) is 5.71. The SMILES string of the molecule is SC1CCC2(CCNCC2)CC1. The molecule has 1 saturated heterocycles. The van der Waals surface area contributed by atoms with Crippen molar-refractivity contribution in [2.45, 2.75) is 43.8 Å². The predicted octanol–water partition coefficient (Wildman–Crippen LogP) is 2.23. The maximum Gasteiger partial charge on any atom is 0.00172 e. The van der Waals surface area contributed by atoms with E-state index in [0.717, 1.165) is 5.41 Å². The quantitative estimate of drug-likeness (QED) is 0.552. The van der Waals surface area contributed by atoms with Crippen molar-refractivity contribution >= 4 is 12.6 Å². The summed E-state index contributed by atoms with van der Waals surface area (Å²) in [5.74, 6) is 0. The third-order valence-electron chi connectivity index (χ3n) is 3.68. The van der Waals surface area contributed by atoms with E-state index in [4.69, 9.17) is 0 Å². The molecule has 1 saturated carbocycles. The van der Waals surface area contributed by atoms with E-state index in [2.05, 4.69) is 17.9 Å². The van der Waals surface area contributed by atoms with Crippen LogP contribution in [0, 0.1) is 5.41 Å². The van der Waals surface area contributed by atoms with Gasteiger partial charge in [0.15, 0.2) is 0 Å². The van der Waals surface area contributed by atoms with Crippen molar-refractivity contribution in [2.75, 3.05) is 13.1 Å².